The van der Waals surface area contributed by atoms with Gasteiger partial charge in [0.05, 0.1) is 0 Å². The summed E-state index contributed by atoms with van der Waals surface area (Å²) in [7, 11) is -2.64. The largest absolute Gasteiger partial charge is 0.407 e. The van der Waals surface area contributed by atoms with Gasteiger partial charge in [-0.1, -0.05) is 108 Å². The Morgan fingerprint density at radius 2 is 1.54 bits per heavy atom. The lowest BCUT2D eigenvalue weighted by Crippen LogP contribution is -2.67. The maximum absolute atomic E-state index is 12.3. The van der Waals surface area contributed by atoms with Gasteiger partial charge >= 0.3 is 0 Å². The van der Waals surface area contributed by atoms with E-state index in [1.807, 2.05) is 0 Å². The number of hydrogen-bond acceptors (Lipinski definition) is 3. The van der Waals surface area contributed by atoms with Gasteiger partial charge in [0.15, 0.2) is 0 Å². The van der Waals surface area contributed by atoms with Gasteiger partial charge in [0, 0.05) is 26.2 Å². The van der Waals surface area contributed by atoms with E-state index in [0.29, 0.717) is 24.4 Å². The van der Waals surface area contributed by atoms with Gasteiger partial charge in [-0.2, -0.15) is 0 Å². The summed E-state index contributed by atoms with van der Waals surface area (Å²) in [5.41, 5.74) is 0. The van der Waals surface area contributed by atoms with Gasteiger partial charge in [-0.05, 0) is 58.3 Å². The van der Waals surface area contributed by atoms with Crippen LogP contribution in [-0.2, 0) is 9.22 Å². The van der Waals surface area contributed by atoms with Crippen molar-refractivity contribution in [2.45, 2.75) is 84.7 Å². The fourth-order valence-electron chi connectivity index (χ4n) is 6.69. The summed E-state index contributed by atoms with van der Waals surface area (Å²) in [6.45, 7) is 13.9. The maximum atomic E-state index is 12.3. The Hall–Kier alpha value is -1.95. The molecule has 5 heteroatoms. The van der Waals surface area contributed by atoms with E-state index in [9.17, 15) is 9.90 Å². The Labute approximate surface area is 226 Å². The molecular weight excluding hydrogens is 474 g/mol. The van der Waals surface area contributed by atoms with Crippen molar-refractivity contribution in [2.24, 2.45) is 23.7 Å². The van der Waals surface area contributed by atoms with Gasteiger partial charge in [0.1, 0.15) is 0 Å². The van der Waals surface area contributed by atoms with Crippen LogP contribution in [0.1, 0.15) is 73.6 Å². The highest BCUT2D eigenvalue weighted by molar-refractivity contribution is 6.99. The summed E-state index contributed by atoms with van der Waals surface area (Å²) in [5.74, 6) is 1.49. The van der Waals surface area contributed by atoms with E-state index in [2.05, 4.69) is 101 Å². The van der Waals surface area contributed by atoms with E-state index >= 15 is 0 Å². The predicted molar refractivity (Wildman–Crippen MR) is 157 cm³/mol. The first kappa shape index (κ1) is 29.6. The number of carbonyl (C=O) groups excluding carboxylic acids is 1. The molecule has 204 valence electrons. The minimum atomic E-state index is -2.64. The van der Waals surface area contributed by atoms with E-state index in [0.717, 1.165) is 32.1 Å². The van der Waals surface area contributed by atoms with Crippen LogP contribution in [0.25, 0.3) is 0 Å². The van der Waals surface area contributed by atoms with Crippen molar-refractivity contribution in [3.63, 3.8) is 0 Å². The smallest absolute Gasteiger partial charge is 0.261 e. The van der Waals surface area contributed by atoms with Gasteiger partial charge in [-0.15, -0.1) is 0 Å². The van der Waals surface area contributed by atoms with Gasteiger partial charge < -0.3 is 14.8 Å². The number of aliphatic hydroxyl groups excluding tert-OH is 1. The molecule has 4 unspecified atom stereocenters. The van der Waals surface area contributed by atoms with Crippen molar-refractivity contribution < 1.29 is 14.3 Å². The van der Waals surface area contributed by atoms with Crippen LogP contribution in [0.15, 0.2) is 60.7 Å². The molecule has 0 heterocycles. The predicted octanol–water partition coefficient (Wildman–Crippen LogP) is 5.53. The standard InChI is InChI=1S/C32H49NO3Si/c1-7-25(8-2)21-31(33-24(3)35)30-20-26(22-34)19-27(30)23-36-37(32(4,5)6,28-15-11-9-12-16-28)29-17-13-10-14-18-29/h9-18,25-27,30-31,34H,7-8,19-23H2,1-6H3,(H,33,35). The summed E-state index contributed by atoms with van der Waals surface area (Å²) < 4.78 is 7.33. The van der Waals surface area contributed by atoms with E-state index in [1.165, 1.54) is 10.4 Å². The first-order valence-electron chi connectivity index (χ1n) is 14.3. The number of hydrogen-bond donors (Lipinski definition) is 2. The third kappa shape index (κ3) is 6.93. The molecule has 2 aromatic rings. The summed E-state index contributed by atoms with van der Waals surface area (Å²) in [5, 5.41) is 16.0. The monoisotopic (exact) mass is 523 g/mol. The zero-order chi connectivity index (χ0) is 27.1. The van der Waals surface area contributed by atoms with Gasteiger partial charge in [-0.3, -0.25) is 4.79 Å². The highest BCUT2D eigenvalue weighted by atomic mass is 28.4. The SMILES string of the molecule is CCC(CC)CC(NC(C)=O)C1CC(CO)CC1CO[Si](c1ccccc1)(c1ccccc1)C(C)(C)C. The molecule has 0 radical (unpaired) electrons. The molecule has 0 aromatic heterocycles. The molecule has 0 saturated heterocycles. The summed E-state index contributed by atoms with van der Waals surface area (Å²) in [6.07, 6.45) is 5.11. The number of aliphatic hydroxyl groups is 1. The van der Waals surface area contributed by atoms with Crippen molar-refractivity contribution >= 4 is 24.6 Å². The molecule has 2 N–H and O–H groups in total. The second-order valence-corrected chi connectivity index (χ2v) is 16.4. The Morgan fingerprint density at radius 3 is 1.97 bits per heavy atom. The molecule has 0 bridgehead atoms. The molecule has 2 aromatic carbocycles. The summed E-state index contributed by atoms with van der Waals surface area (Å²) >= 11 is 0. The lowest BCUT2D eigenvalue weighted by atomic mass is 9.82. The molecule has 3 rings (SSSR count). The fraction of sp³-hybridized carbons (Fsp3) is 0.594. The van der Waals surface area contributed by atoms with Crippen LogP contribution in [0.4, 0.5) is 0 Å². The Bertz CT molecular complexity index is 916. The highest BCUT2D eigenvalue weighted by Crippen LogP contribution is 2.43. The molecule has 1 fully saturated rings. The average molecular weight is 524 g/mol. The summed E-state index contributed by atoms with van der Waals surface area (Å²) in [4.78, 5) is 12.3. The third-order valence-corrected chi connectivity index (χ3v) is 13.7. The molecule has 4 atom stereocenters. The highest BCUT2D eigenvalue weighted by Gasteiger charge is 2.51. The van der Waals surface area contributed by atoms with Crippen LogP contribution in [0.2, 0.25) is 5.04 Å². The third-order valence-electron chi connectivity index (χ3n) is 8.68. The van der Waals surface area contributed by atoms with Gasteiger partial charge in [0.2, 0.25) is 5.91 Å². The van der Waals surface area contributed by atoms with Crippen molar-refractivity contribution in [1.29, 1.82) is 0 Å². The van der Waals surface area contributed by atoms with Crippen molar-refractivity contribution in [1.82, 2.24) is 5.32 Å². The zero-order valence-corrected chi connectivity index (χ0v) is 24.9. The Balaban J connectivity index is 1.99. The molecule has 1 saturated carbocycles. The maximum Gasteiger partial charge on any atom is 0.261 e. The van der Waals surface area contributed by atoms with E-state index in [-0.39, 0.29) is 29.5 Å². The molecule has 4 nitrogen and oxygen atoms in total. The topological polar surface area (TPSA) is 58.6 Å². The van der Waals surface area contributed by atoms with Crippen LogP contribution >= 0.6 is 0 Å². The number of rotatable bonds is 12. The Morgan fingerprint density at radius 1 is 1.00 bits per heavy atom. The molecule has 0 aliphatic heterocycles. The molecule has 1 amide bonds. The van der Waals surface area contributed by atoms with Crippen LogP contribution in [-0.4, -0.2) is 38.6 Å². The molecule has 1 aliphatic carbocycles. The second kappa shape index (κ2) is 13.2. The van der Waals surface area contributed by atoms with Crippen molar-refractivity contribution in [3.05, 3.63) is 60.7 Å². The zero-order valence-electron chi connectivity index (χ0n) is 23.9. The number of amides is 1. The van der Waals surface area contributed by atoms with E-state index in [1.54, 1.807) is 6.92 Å². The van der Waals surface area contributed by atoms with Crippen LogP contribution in [0.5, 0.6) is 0 Å². The van der Waals surface area contributed by atoms with E-state index < -0.39 is 8.32 Å². The van der Waals surface area contributed by atoms with Crippen LogP contribution < -0.4 is 15.7 Å². The minimum Gasteiger partial charge on any atom is -0.407 e. The van der Waals surface area contributed by atoms with Gasteiger partial charge in [0.25, 0.3) is 8.32 Å². The molecule has 1 aliphatic rings. The van der Waals surface area contributed by atoms with Crippen molar-refractivity contribution in [3.8, 4) is 0 Å². The number of carbonyl (C=O) groups is 1. The second-order valence-electron chi connectivity index (χ2n) is 12.1. The Kier molecular flexibility index (Phi) is 10.6. The normalized spacial score (nSPS) is 21.2. The average Bonchev–Trinajstić information content (AvgIpc) is 3.30. The molecule has 0 spiro atoms. The lowest BCUT2D eigenvalue weighted by Gasteiger charge is -2.44. The van der Waals surface area contributed by atoms with Crippen LogP contribution in [0, 0.1) is 23.7 Å². The van der Waals surface area contributed by atoms with Gasteiger partial charge in [-0.25, -0.2) is 0 Å². The minimum absolute atomic E-state index is 0.0371. The quantitative estimate of drug-likeness (QED) is 0.360. The molecular formula is C32H49NO3Si. The first-order chi connectivity index (χ1) is 17.7. The molecule has 37 heavy (non-hydrogen) atoms. The number of nitrogens with one attached hydrogen (secondary N) is 1. The first-order valence-corrected chi connectivity index (χ1v) is 16.2. The summed E-state index contributed by atoms with van der Waals surface area (Å²) in [6, 6.07) is 21.7. The fourth-order valence-corrected chi connectivity index (χ4v) is 11.3. The van der Waals surface area contributed by atoms with Crippen LogP contribution in [0.3, 0.4) is 0 Å². The van der Waals surface area contributed by atoms with E-state index in [4.69, 9.17) is 4.43 Å². The van der Waals surface area contributed by atoms with Crippen molar-refractivity contribution in [2.75, 3.05) is 13.2 Å². The number of benzene rings is 2. The lowest BCUT2D eigenvalue weighted by molar-refractivity contribution is -0.120.